The summed E-state index contributed by atoms with van der Waals surface area (Å²) in [6.45, 7) is 1.68. The molecule has 136 valence electrons. The van der Waals surface area contributed by atoms with Crippen molar-refractivity contribution in [1.29, 1.82) is 0 Å². The first kappa shape index (κ1) is 18.7. The minimum atomic E-state index is -0.671. The molecule has 5 heteroatoms. The van der Waals surface area contributed by atoms with Crippen LogP contribution >= 0.6 is 11.6 Å². The number of hydrogen-bond acceptors (Lipinski definition) is 3. The zero-order valence-electron chi connectivity index (χ0n) is 14.8. The second kappa shape index (κ2) is 9.01. The van der Waals surface area contributed by atoms with E-state index in [4.69, 9.17) is 16.3 Å². The van der Waals surface area contributed by atoms with Crippen LogP contribution < -0.4 is 10.2 Å². The van der Waals surface area contributed by atoms with Crippen molar-refractivity contribution in [2.45, 2.75) is 13.0 Å². The Morgan fingerprint density at radius 1 is 0.963 bits per heavy atom. The van der Waals surface area contributed by atoms with Gasteiger partial charge in [-0.3, -0.25) is 4.79 Å². The van der Waals surface area contributed by atoms with Crippen LogP contribution in [-0.2, 0) is 4.79 Å². The highest BCUT2D eigenvalue weighted by molar-refractivity contribution is 6.30. The Balaban J connectivity index is 1.54. The van der Waals surface area contributed by atoms with Crippen molar-refractivity contribution in [3.8, 4) is 16.9 Å². The molecule has 0 radical (unpaired) electrons. The van der Waals surface area contributed by atoms with Crippen LogP contribution in [0.4, 0.5) is 0 Å². The maximum absolute atomic E-state index is 12.1. The van der Waals surface area contributed by atoms with Crippen LogP contribution in [0.15, 0.2) is 84.0 Å². The van der Waals surface area contributed by atoms with Gasteiger partial charge in [-0.1, -0.05) is 66.2 Å². The fourth-order valence-electron chi connectivity index (χ4n) is 2.42. The van der Waals surface area contributed by atoms with Crippen LogP contribution in [0.3, 0.4) is 0 Å². The van der Waals surface area contributed by atoms with E-state index >= 15 is 0 Å². The van der Waals surface area contributed by atoms with E-state index in [1.807, 2.05) is 66.7 Å². The summed E-state index contributed by atoms with van der Waals surface area (Å²) in [7, 11) is 0. The number of benzene rings is 3. The van der Waals surface area contributed by atoms with E-state index in [0.717, 1.165) is 16.7 Å². The van der Waals surface area contributed by atoms with Crippen molar-refractivity contribution in [3.05, 3.63) is 89.4 Å². The summed E-state index contributed by atoms with van der Waals surface area (Å²) in [6, 6.07) is 24.8. The third kappa shape index (κ3) is 5.43. The Bertz CT molecular complexity index is 907. The van der Waals surface area contributed by atoms with E-state index in [1.54, 1.807) is 25.3 Å². The molecule has 4 nitrogen and oxygen atoms in total. The lowest BCUT2D eigenvalue weighted by atomic mass is 10.1. The van der Waals surface area contributed by atoms with Crippen molar-refractivity contribution < 1.29 is 9.53 Å². The van der Waals surface area contributed by atoms with Gasteiger partial charge >= 0.3 is 0 Å². The van der Waals surface area contributed by atoms with Crippen molar-refractivity contribution in [3.63, 3.8) is 0 Å². The molecular weight excluding hydrogens is 360 g/mol. The lowest BCUT2D eigenvalue weighted by Gasteiger charge is -2.13. The van der Waals surface area contributed by atoms with Gasteiger partial charge in [0.1, 0.15) is 5.75 Å². The van der Waals surface area contributed by atoms with Crippen molar-refractivity contribution >= 4 is 23.7 Å². The molecule has 1 amide bonds. The first-order chi connectivity index (χ1) is 13.1. The minimum Gasteiger partial charge on any atom is -0.481 e. The predicted octanol–water partition coefficient (Wildman–Crippen LogP) is 4.92. The zero-order valence-corrected chi connectivity index (χ0v) is 15.6. The summed E-state index contributed by atoms with van der Waals surface area (Å²) in [5.41, 5.74) is 5.53. The van der Waals surface area contributed by atoms with Gasteiger partial charge in [-0.05, 0) is 47.9 Å². The number of carbonyl (C=O) groups is 1. The van der Waals surface area contributed by atoms with Crippen LogP contribution in [0.25, 0.3) is 11.1 Å². The van der Waals surface area contributed by atoms with Gasteiger partial charge in [0.2, 0.25) is 0 Å². The number of ether oxygens (including phenoxy) is 1. The maximum atomic E-state index is 12.1. The second-order valence-corrected chi connectivity index (χ2v) is 6.37. The van der Waals surface area contributed by atoms with E-state index < -0.39 is 6.10 Å². The lowest BCUT2D eigenvalue weighted by Crippen LogP contribution is -2.33. The van der Waals surface area contributed by atoms with Crippen molar-refractivity contribution in [1.82, 2.24) is 5.43 Å². The average molecular weight is 379 g/mol. The summed E-state index contributed by atoms with van der Waals surface area (Å²) in [6.07, 6.45) is 0.880. The molecule has 0 aliphatic carbocycles. The Morgan fingerprint density at radius 2 is 1.59 bits per heavy atom. The van der Waals surface area contributed by atoms with Crippen molar-refractivity contribution in [2.75, 3.05) is 0 Å². The number of halogens is 1. The third-order valence-electron chi connectivity index (χ3n) is 3.90. The number of nitrogens with zero attached hydrogens (tertiary/aromatic N) is 1. The number of hydrogen-bond donors (Lipinski definition) is 1. The Labute approximate surface area is 163 Å². The molecule has 3 rings (SSSR count). The largest absolute Gasteiger partial charge is 0.481 e. The molecule has 0 aliphatic rings. The molecular formula is C22H19ClN2O2. The van der Waals surface area contributed by atoms with E-state index in [-0.39, 0.29) is 5.91 Å². The molecule has 3 aromatic rings. The van der Waals surface area contributed by atoms with Gasteiger partial charge in [-0.15, -0.1) is 0 Å². The third-order valence-corrected chi connectivity index (χ3v) is 4.15. The van der Waals surface area contributed by atoms with Crippen LogP contribution in [-0.4, -0.2) is 18.2 Å². The van der Waals surface area contributed by atoms with Crippen LogP contribution in [0.1, 0.15) is 12.5 Å². The van der Waals surface area contributed by atoms with Crippen LogP contribution in [0, 0.1) is 0 Å². The molecule has 0 unspecified atom stereocenters. The smallest absolute Gasteiger partial charge is 0.280 e. The zero-order chi connectivity index (χ0) is 19.1. The van der Waals surface area contributed by atoms with Crippen LogP contribution in [0.2, 0.25) is 5.02 Å². The Morgan fingerprint density at radius 3 is 2.26 bits per heavy atom. The molecule has 0 heterocycles. The molecule has 0 saturated carbocycles. The fraction of sp³-hybridized carbons (Fsp3) is 0.0909. The van der Waals surface area contributed by atoms with E-state index in [0.29, 0.717) is 10.8 Å². The molecule has 0 spiro atoms. The first-order valence-electron chi connectivity index (χ1n) is 8.52. The molecule has 0 aromatic heterocycles. The fourth-order valence-corrected chi connectivity index (χ4v) is 2.55. The van der Waals surface area contributed by atoms with Crippen LogP contribution in [0.5, 0.6) is 5.75 Å². The Kier molecular flexibility index (Phi) is 6.23. The van der Waals surface area contributed by atoms with Gasteiger partial charge in [0.25, 0.3) is 5.91 Å². The molecule has 0 bridgehead atoms. The average Bonchev–Trinajstić information content (AvgIpc) is 2.70. The highest BCUT2D eigenvalue weighted by Crippen LogP contribution is 2.22. The molecule has 27 heavy (non-hydrogen) atoms. The van der Waals surface area contributed by atoms with Gasteiger partial charge in [0.05, 0.1) is 6.21 Å². The van der Waals surface area contributed by atoms with Crippen molar-refractivity contribution in [2.24, 2.45) is 5.10 Å². The molecule has 0 saturated heterocycles. The monoisotopic (exact) mass is 378 g/mol. The topological polar surface area (TPSA) is 50.7 Å². The van der Waals surface area contributed by atoms with Gasteiger partial charge in [0.15, 0.2) is 6.10 Å². The second-order valence-electron chi connectivity index (χ2n) is 5.94. The van der Waals surface area contributed by atoms with Gasteiger partial charge < -0.3 is 4.74 Å². The number of rotatable bonds is 6. The lowest BCUT2D eigenvalue weighted by molar-refractivity contribution is -0.127. The molecule has 1 N–H and O–H groups in total. The first-order valence-corrected chi connectivity index (χ1v) is 8.90. The highest BCUT2D eigenvalue weighted by atomic mass is 35.5. The molecule has 3 aromatic carbocycles. The number of nitrogens with one attached hydrogen (secondary N) is 1. The normalized spacial score (nSPS) is 11.9. The number of hydrazone groups is 1. The predicted molar refractivity (Wildman–Crippen MR) is 109 cm³/mol. The summed E-state index contributed by atoms with van der Waals surface area (Å²) in [4.78, 5) is 12.1. The SMILES string of the molecule is C[C@H](Oc1ccc(-c2ccccc2)cc1)C(=O)N/N=C\c1ccc(Cl)cc1. The van der Waals surface area contributed by atoms with E-state index in [1.165, 1.54) is 0 Å². The van der Waals surface area contributed by atoms with E-state index in [9.17, 15) is 4.79 Å². The molecule has 0 aliphatic heterocycles. The maximum Gasteiger partial charge on any atom is 0.280 e. The Hall–Kier alpha value is -3.11. The van der Waals surface area contributed by atoms with Gasteiger partial charge in [-0.2, -0.15) is 5.10 Å². The minimum absolute atomic E-state index is 0.327. The van der Waals surface area contributed by atoms with Gasteiger partial charge in [0, 0.05) is 5.02 Å². The number of carbonyl (C=O) groups excluding carboxylic acids is 1. The standard InChI is InChI=1S/C22H19ClN2O2/c1-16(22(26)25-24-15-17-7-11-20(23)12-8-17)27-21-13-9-19(10-14-21)18-5-3-2-4-6-18/h2-16H,1H3,(H,25,26)/b24-15-/t16-/m0/s1. The highest BCUT2D eigenvalue weighted by Gasteiger charge is 2.13. The quantitative estimate of drug-likeness (QED) is 0.488. The van der Waals surface area contributed by atoms with E-state index in [2.05, 4.69) is 10.5 Å². The summed E-state index contributed by atoms with van der Waals surface area (Å²) in [5, 5.41) is 4.59. The number of amides is 1. The molecule has 1 atom stereocenters. The summed E-state index contributed by atoms with van der Waals surface area (Å²) in [5.74, 6) is 0.298. The summed E-state index contributed by atoms with van der Waals surface area (Å²) >= 11 is 5.83. The van der Waals surface area contributed by atoms with Gasteiger partial charge in [-0.25, -0.2) is 5.43 Å². The summed E-state index contributed by atoms with van der Waals surface area (Å²) < 4.78 is 5.68. The molecule has 0 fully saturated rings.